The van der Waals surface area contributed by atoms with Gasteiger partial charge in [-0.2, -0.15) is 4.98 Å². The molecule has 0 radical (unpaired) electrons. The molecule has 86 valence electrons. The molecule has 15 heavy (non-hydrogen) atoms. The molecule has 0 amide bonds. The van der Waals surface area contributed by atoms with Crippen molar-refractivity contribution in [1.82, 2.24) is 10.1 Å². The number of rotatable bonds is 4. The molecule has 0 fully saturated rings. The van der Waals surface area contributed by atoms with Crippen molar-refractivity contribution in [2.45, 2.75) is 52.5 Å². The minimum absolute atomic E-state index is 0.277. The maximum Gasteiger partial charge on any atom is 0.229 e. The molecular formula is C11H21N3O. The van der Waals surface area contributed by atoms with Crippen LogP contribution in [0.2, 0.25) is 0 Å². The molecule has 2 N–H and O–H groups in total. The van der Waals surface area contributed by atoms with Gasteiger partial charge in [0.1, 0.15) is 0 Å². The van der Waals surface area contributed by atoms with E-state index in [1.807, 2.05) is 13.8 Å². The predicted octanol–water partition coefficient (Wildman–Crippen LogP) is 2.41. The molecule has 0 aliphatic carbocycles. The van der Waals surface area contributed by atoms with Gasteiger partial charge < -0.3 is 10.3 Å². The van der Waals surface area contributed by atoms with Crippen LogP contribution in [0.1, 0.15) is 58.7 Å². The van der Waals surface area contributed by atoms with Gasteiger partial charge in [0.2, 0.25) is 5.89 Å². The van der Waals surface area contributed by atoms with Gasteiger partial charge in [-0.3, -0.25) is 0 Å². The summed E-state index contributed by atoms with van der Waals surface area (Å²) in [4.78, 5) is 4.37. The van der Waals surface area contributed by atoms with E-state index in [0.29, 0.717) is 17.6 Å². The Hall–Kier alpha value is -0.900. The van der Waals surface area contributed by atoms with Crippen molar-refractivity contribution in [3.8, 4) is 0 Å². The van der Waals surface area contributed by atoms with Crippen LogP contribution in [0.4, 0.5) is 0 Å². The Morgan fingerprint density at radius 3 is 2.47 bits per heavy atom. The van der Waals surface area contributed by atoms with E-state index >= 15 is 0 Å². The topological polar surface area (TPSA) is 64.9 Å². The third kappa shape index (κ3) is 2.56. The van der Waals surface area contributed by atoms with E-state index in [4.69, 9.17) is 10.3 Å². The summed E-state index contributed by atoms with van der Waals surface area (Å²) in [5.41, 5.74) is 5.55. The number of hydrogen-bond acceptors (Lipinski definition) is 4. The number of hydrogen-bond donors (Lipinski definition) is 1. The fourth-order valence-electron chi connectivity index (χ4n) is 1.10. The van der Waals surface area contributed by atoms with Gasteiger partial charge in [-0.1, -0.05) is 32.9 Å². The van der Waals surface area contributed by atoms with E-state index in [1.165, 1.54) is 0 Å². The minimum atomic E-state index is -0.488. The van der Waals surface area contributed by atoms with E-state index in [9.17, 15) is 0 Å². The van der Waals surface area contributed by atoms with Crippen molar-refractivity contribution >= 4 is 0 Å². The van der Waals surface area contributed by atoms with E-state index < -0.39 is 5.54 Å². The highest BCUT2D eigenvalue weighted by Crippen LogP contribution is 2.25. The van der Waals surface area contributed by atoms with Gasteiger partial charge in [0.05, 0.1) is 5.54 Å². The summed E-state index contributed by atoms with van der Waals surface area (Å²) < 4.78 is 5.23. The standard InChI is InChI=1S/C11H21N3O/c1-6-11(5,12)10-13-9(15-14-10)8(4)7(2)3/h7-8H,6,12H2,1-5H3. The molecule has 2 atom stereocenters. The summed E-state index contributed by atoms with van der Waals surface area (Å²) in [5.74, 6) is 2.06. The van der Waals surface area contributed by atoms with E-state index in [1.54, 1.807) is 0 Å². The van der Waals surface area contributed by atoms with Gasteiger partial charge in [-0.25, -0.2) is 0 Å². The molecule has 0 saturated heterocycles. The first kappa shape index (κ1) is 12.2. The van der Waals surface area contributed by atoms with Gasteiger partial charge in [0.25, 0.3) is 0 Å². The van der Waals surface area contributed by atoms with Crippen molar-refractivity contribution < 1.29 is 4.52 Å². The normalized spacial score (nSPS) is 17.8. The average molecular weight is 211 g/mol. The summed E-state index contributed by atoms with van der Waals surface area (Å²) in [6.07, 6.45) is 0.794. The minimum Gasteiger partial charge on any atom is -0.339 e. The average Bonchev–Trinajstić information content (AvgIpc) is 2.65. The maximum absolute atomic E-state index is 6.04. The zero-order chi connectivity index (χ0) is 11.6. The second kappa shape index (κ2) is 4.31. The summed E-state index contributed by atoms with van der Waals surface area (Å²) in [6.45, 7) is 10.3. The van der Waals surface area contributed by atoms with Crippen molar-refractivity contribution in [1.29, 1.82) is 0 Å². The second-order valence-corrected chi connectivity index (χ2v) is 4.76. The highest BCUT2D eigenvalue weighted by molar-refractivity contribution is 5.03. The highest BCUT2D eigenvalue weighted by atomic mass is 16.5. The van der Waals surface area contributed by atoms with Gasteiger partial charge >= 0.3 is 0 Å². The Kier molecular flexibility index (Phi) is 3.50. The molecule has 4 nitrogen and oxygen atoms in total. The monoisotopic (exact) mass is 211 g/mol. The third-order valence-electron chi connectivity index (χ3n) is 3.08. The quantitative estimate of drug-likeness (QED) is 0.830. The number of aromatic nitrogens is 2. The Bertz CT molecular complexity index is 317. The van der Waals surface area contributed by atoms with E-state index in [-0.39, 0.29) is 5.92 Å². The third-order valence-corrected chi connectivity index (χ3v) is 3.08. The van der Waals surface area contributed by atoms with Crippen LogP contribution in [-0.2, 0) is 5.54 Å². The molecule has 4 heteroatoms. The summed E-state index contributed by atoms with van der Waals surface area (Å²) >= 11 is 0. The summed E-state index contributed by atoms with van der Waals surface area (Å²) in [7, 11) is 0. The van der Waals surface area contributed by atoms with Gasteiger partial charge in [-0.15, -0.1) is 0 Å². The largest absolute Gasteiger partial charge is 0.339 e. The van der Waals surface area contributed by atoms with Crippen LogP contribution in [0, 0.1) is 5.92 Å². The fraction of sp³-hybridized carbons (Fsp3) is 0.818. The lowest BCUT2D eigenvalue weighted by Crippen LogP contribution is -2.33. The lowest BCUT2D eigenvalue weighted by atomic mass is 9.97. The van der Waals surface area contributed by atoms with Crippen LogP contribution in [0.15, 0.2) is 4.52 Å². The molecule has 0 aliphatic rings. The first-order valence-corrected chi connectivity index (χ1v) is 5.51. The zero-order valence-electron chi connectivity index (χ0n) is 10.2. The van der Waals surface area contributed by atoms with Crippen LogP contribution in [0.3, 0.4) is 0 Å². The van der Waals surface area contributed by atoms with Crippen molar-refractivity contribution in [2.24, 2.45) is 11.7 Å². The smallest absolute Gasteiger partial charge is 0.229 e. The van der Waals surface area contributed by atoms with E-state index in [0.717, 1.165) is 6.42 Å². The number of nitrogens with zero attached hydrogens (tertiary/aromatic N) is 2. The molecule has 0 spiro atoms. The fourth-order valence-corrected chi connectivity index (χ4v) is 1.10. The summed E-state index contributed by atoms with van der Waals surface area (Å²) in [6, 6.07) is 0. The van der Waals surface area contributed by atoms with Crippen LogP contribution < -0.4 is 5.73 Å². The van der Waals surface area contributed by atoms with Gasteiger partial charge in [-0.05, 0) is 19.3 Å². The molecule has 1 aromatic heterocycles. The maximum atomic E-state index is 6.04. The molecule has 0 saturated carbocycles. The number of nitrogens with two attached hydrogens (primary N) is 1. The lowest BCUT2D eigenvalue weighted by molar-refractivity contribution is 0.320. The van der Waals surface area contributed by atoms with Crippen molar-refractivity contribution in [3.05, 3.63) is 11.7 Å². The van der Waals surface area contributed by atoms with Gasteiger partial charge in [0, 0.05) is 5.92 Å². The van der Waals surface area contributed by atoms with Crippen LogP contribution in [-0.4, -0.2) is 10.1 Å². The van der Waals surface area contributed by atoms with Crippen LogP contribution in [0.25, 0.3) is 0 Å². The molecule has 1 rings (SSSR count). The Labute approximate surface area is 91.2 Å². The predicted molar refractivity (Wildman–Crippen MR) is 59.4 cm³/mol. The molecule has 2 unspecified atom stereocenters. The second-order valence-electron chi connectivity index (χ2n) is 4.76. The lowest BCUT2D eigenvalue weighted by Gasteiger charge is -2.17. The van der Waals surface area contributed by atoms with Crippen LogP contribution in [0.5, 0.6) is 0 Å². The Morgan fingerprint density at radius 1 is 1.40 bits per heavy atom. The highest BCUT2D eigenvalue weighted by Gasteiger charge is 2.27. The molecular weight excluding hydrogens is 190 g/mol. The van der Waals surface area contributed by atoms with Gasteiger partial charge in [0.15, 0.2) is 5.82 Å². The van der Waals surface area contributed by atoms with E-state index in [2.05, 4.69) is 30.9 Å². The van der Waals surface area contributed by atoms with Crippen LogP contribution >= 0.6 is 0 Å². The summed E-state index contributed by atoms with van der Waals surface area (Å²) in [5, 5.41) is 3.95. The first-order valence-electron chi connectivity index (χ1n) is 5.51. The molecule has 1 aromatic rings. The van der Waals surface area contributed by atoms with Crippen molar-refractivity contribution in [2.75, 3.05) is 0 Å². The molecule has 0 aliphatic heterocycles. The SMILES string of the molecule is CCC(C)(N)c1noc(C(C)C(C)C)n1. The molecule has 0 aromatic carbocycles. The Balaban J connectivity index is 2.90. The zero-order valence-corrected chi connectivity index (χ0v) is 10.2. The molecule has 1 heterocycles. The Morgan fingerprint density at radius 2 is 2.00 bits per heavy atom. The first-order chi connectivity index (χ1) is 6.88. The molecule has 0 bridgehead atoms. The van der Waals surface area contributed by atoms with Crippen molar-refractivity contribution in [3.63, 3.8) is 0 Å².